The van der Waals surface area contributed by atoms with Crippen LogP contribution in [0.1, 0.15) is 37.1 Å². The van der Waals surface area contributed by atoms with Gasteiger partial charge in [0.1, 0.15) is 0 Å². The lowest BCUT2D eigenvalue weighted by molar-refractivity contribution is 0.491. The average Bonchev–Trinajstić information content (AvgIpc) is 3.01. The van der Waals surface area contributed by atoms with E-state index in [-0.39, 0.29) is 0 Å². The van der Waals surface area contributed by atoms with E-state index >= 15 is 0 Å². The van der Waals surface area contributed by atoms with Crippen LogP contribution < -0.4 is 5.32 Å². The molecule has 1 atom stereocenters. The van der Waals surface area contributed by atoms with Gasteiger partial charge in [0.15, 0.2) is 0 Å². The molecule has 0 bridgehead atoms. The van der Waals surface area contributed by atoms with Crippen molar-refractivity contribution in [1.82, 2.24) is 23.8 Å². The first-order valence-electron chi connectivity index (χ1n) is 6.28. The summed E-state index contributed by atoms with van der Waals surface area (Å²) in [6, 6.07) is 0.295. The van der Waals surface area contributed by atoms with Crippen molar-refractivity contribution in [2.24, 2.45) is 7.05 Å². The normalized spacial score (nSPS) is 12.8. The Kier molecular flexibility index (Phi) is 4.83. The third kappa shape index (κ3) is 3.61. The van der Waals surface area contributed by atoms with Crippen molar-refractivity contribution in [2.45, 2.75) is 32.2 Å². The molecule has 2 aromatic heterocycles. The predicted octanol–water partition coefficient (Wildman–Crippen LogP) is 1.95. The largest absolute Gasteiger partial charge is 0.309 e. The SMILES string of the molecule is CCCNC(CCc1cnn(C)c1)c1cnsn1. The van der Waals surface area contributed by atoms with Gasteiger partial charge in [-0.25, -0.2) is 0 Å². The molecule has 2 rings (SSSR count). The summed E-state index contributed by atoms with van der Waals surface area (Å²) in [4.78, 5) is 0. The van der Waals surface area contributed by atoms with Crippen LogP contribution in [-0.2, 0) is 13.5 Å². The van der Waals surface area contributed by atoms with Crippen LogP contribution in [0.5, 0.6) is 0 Å². The zero-order valence-electron chi connectivity index (χ0n) is 10.8. The molecule has 0 amide bonds. The fourth-order valence-electron chi connectivity index (χ4n) is 1.91. The van der Waals surface area contributed by atoms with E-state index in [2.05, 4.69) is 32.3 Å². The second-order valence-corrected chi connectivity index (χ2v) is 4.96. The molecule has 6 heteroatoms. The van der Waals surface area contributed by atoms with Gasteiger partial charge in [-0.05, 0) is 31.4 Å². The maximum atomic E-state index is 4.33. The van der Waals surface area contributed by atoms with Gasteiger partial charge in [0.2, 0.25) is 0 Å². The number of aromatic nitrogens is 4. The van der Waals surface area contributed by atoms with Crippen molar-refractivity contribution < 1.29 is 0 Å². The van der Waals surface area contributed by atoms with Crippen LogP contribution in [-0.4, -0.2) is 25.1 Å². The van der Waals surface area contributed by atoms with Gasteiger partial charge >= 0.3 is 0 Å². The Hall–Kier alpha value is -1.27. The Bertz CT molecular complexity index is 451. The van der Waals surface area contributed by atoms with Gasteiger partial charge < -0.3 is 5.32 Å². The first-order chi connectivity index (χ1) is 8.79. The van der Waals surface area contributed by atoms with Crippen LogP contribution >= 0.6 is 11.7 Å². The Balaban J connectivity index is 1.93. The molecule has 2 aromatic rings. The van der Waals surface area contributed by atoms with Gasteiger partial charge in [-0.3, -0.25) is 4.68 Å². The maximum absolute atomic E-state index is 4.33. The van der Waals surface area contributed by atoms with E-state index < -0.39 is 0 Å². The molecular weight excluding hydrogens is 246 g/mol. The van der Waals surface area contributed by atoms with E-state index in [4.69, 9.17) is 0 Å². The molecule has 0 saturated heterocycles. The molecule has 0 spiro atoms. The van der Waals surface area contributed by atoms with Crippen LogP contribution in [0.2, 0.25) is 0 Å². The predicted molar refractivity (Wildman–Crippen MR) is 72.5 cm³/mol. The van der Waals surface area contributed by atoms with Gasteiger partial charge in [0, 0.05) is 13.2 Å². The highest BCUT2D eigenvalue weighted by Crippen LogP contribution is 2.17. The molecular formula is C12H19N5S. The summed E-state index contributed by atoms with van der Waals surface area (Å²) in [6.07, 6.45) is 9.01. The Morgan fingerprint density at radius 1 is 1.44 bits per heavy atom. The Morgan fingerprint density at radius 2 is 2.33 bits per heavy atom. The van der Waals surface area contributed by atoms with Crippen molar-refractivity contribution in [3.8, 4) is 0 Å². The quantitative estimate of drug-likeness (QED) is 0.831. The number of rotatable bonds is 7. The fraction of sp³-hybridized carbons (Fsp3) is 0.583. The standard InChI is InChI=1S/C12H19N5S/c1-3-6-13-11(12-8-15-18-16-12)5-4-10-7-14-17(2)9-10/h7-9,11,13H,3-6H2,1-2H3. The molecule has 2 heterocycles. The summed E-state index contributed by atoms with van der Waals surface area (Å²) in [6.45, 7) is 3.18. The Morgan fingerprint density at radius 3 is 2.94 bits per heavy atom. The number of nitrogens with zero attached hydrogens (tertiary/aromatic N) is 4. The molecule has 0 aromatic carbocycles. The molecule has 18 heavy (non-hydrogen) atoms. The first-order valence-corrected chi connectivity index (χ1v) is 7.01. The van der Waals surface area contributed by atoms with Gasteiger partial charge in [-0.15, -0.1) is 0 Å². The molecule has 1 N–H and O–H groups in total. The van der Waals surface area contributed by atoms with Gasteiger partial charge in [0.25, 0.3) is 0 Å². The molecule has 0 saturated carbocycles. The minimum Gasteiger partial charge on any atom is -0.309 e. The number of hydrogen-bond donors (Lipinski definition) is 1. The van der Waals surface area contributed by atoms with Crippen LogP contribution in [0, 0.1) is 0 Å². The van der Waals surface area contributed by atoms with Crippen LogP contribution in [0.4, 0.5) is 0 Å². The summed E-state index contributed by atoms with van der Waals surface area (Å²) in [5, 5.41) is 7.72. The van der Waals surface area contributed by atoms with E-state index in [1.54, 1.807) is 0 Å². The second kappa shape index (κ2) is 6.61. The molecule has 0 radical (unpaired) electrons. The zero-order chi connectivity index (χ0) is 12.8. The summed E-state index contributed by atoms with van der Waals surface area (Å²) in [5.74, 6) is 0. The number of nitrogens with one attached hydrogen (secondary N) is 1. The zero-order valence-corrected chi connectivity index (χ0v) is 11.7. The molecule has 1 unspecified atom stereocenters. The minimum absolute atomic E-state index is 0.295. The highest BCUT2D eigenvalue weighted by Gasteiger charge is 2.13. The van der Waals surface area contributed by atoms with Crippen molar-refractivity contribution >= 4 is 11.7 Å². The third-order valence-electron chi connectivity index (χ3n) is 2.86. The molecule has 98 valence electrons. The smallest absolute Gasteiger partial charge is 0.0912 e. The highest BCUT2D eigenvalue weighted by atomic mass is 32.1. The lowest BCUT2D eigenvalue weighted by Gasteiger charge is -2.15. The minimum atomic E-state index is 0.295. The van der Waals surface area contributed by atoms with Crippen LogP contribution in [0.3, 0.4) is 0 Å². The maximum Gasteiger partial charge on any atom is 0.0912 e. The van der Waals surface area contributed by atoms with Crippen LogP contribution in [0.25, 0.3) is 0 Å². The van der Waals surface area contributed by atoms with Gasteiger partial charge in [-0.1, -0.05) is 6.92 Å². The third-order valence-corrected chi connectivity index (χ3v) is 3.35. The highest BCUT2D eigenvalue weighted by molar-refractivity contribution is 6.99. The summed E-state index contributed by atoms with van der Waals surface area (Å²) < 4.78 is 10.3. The summed E-state index contributed by atoms with van der Waals surface area (Å²) >= 11 is 1.27. The van der Waals surface area contributed by atoms with Gasteiger partial charge in [0.05, 0.1) is 35.9 Å². The van der Waals surface area contributed by atoms with E-state index in [1.807, 2.05) is 24.1 Å². The Labute approximate surface area is 112 Å². The topological polar surface area (TPSA) is 55.6 Å². The molecule has 0 fully saturated rings. The second-order valence-electron chi connectivity index (χ2n) is 4.40. The van der Waals surface area contributed by atoms with Crippen molar-refractivity contribution in [2.75, 3.05) is 6.54 Å². The van der Waals surface area contributed by atoms with E-state index in [0.29, 0.717) is 6.04 Å². The molecule has 0 aliphatic carbocycles. The lowest BCUT2D eigenvalue weighted by Crippen LogP contribution is -2.23. The van der Waals surface area contributed by atoms with Crippen molar-refractivity contribution in [3.63, 3.8) is 0 Å². The fourth-order valence-corrected chi connectivity index (χ4v) is 2.38. The summed E-state index contributed by atoms with van der Waals surface area (Å²) in [5.41, 5.74) is 2.32. The van der Waals surface area contributed by atoms with Gasteiger partial charge in [-0.2, -0.15) is 13.8 Å². The summed E-state index contributed by atoms with van der Waals surface area (Å²) in [7, 11) is 1.95. The van der Waals surface area contributed by atoms with Crippen LogP contribution in [0.15, 0.2) is 18.6 Å². The van der Waals surface area contributed by atoms with E-state index in [9.17, 15) is 0 Å². The average molecular weight is 265 g/mol. The van der Waals surface area contributed by atoms with E-state index in [1.165, 1.54) is 17.3 Å². The lowest BCUT2D eigenvalue weighted by atomic mass is 10.1. The first kappa shape index (κ1) is 13.2. The van der Waals surface area contributed by atoms with E-state index in [0.717, 1.165) is 31.5 Å². The molecule has 0 aliphatic heterocycles. The van der Waals surface area contributed by atoms with Crippen molar-refractivity contribution in [1.29, 1.82) is 0 Å². The number of hydrogen-bond acceptors (Lipinski definition) is 5. The monoisotopic (exact) mass is 265 g/mol. The number of aryl methyl sites for hydroxylation is 2. The molecule has 5 nitrogen and oxygen atoms in total. The molecule has 0 aliphatic rings. The van der Waals surface area contributed by atoms with Crippen molar-refractivity contribution in [3.05, 3.63) is 29.8 Å².